The zero-order valence-corrected chi connectivity index (χ0v) is 11.3. The van der Waals surface area contributed by atoms with Gasteiger partial charge in [0.05, 0.1) is 12.4 Å². The van der Waals surface area contributed by atoms with Gasteiger partial charge in [0, 0.05) is 0 Å². The minimum Gasteiger partial charge on any atom is -0.416 e. The fourth-order valence-corrected chi connectivity index (χ4v) is 2.11. The highest BCUT2D eigenvalue weighted by atomic mass is 32.2. The number of hydrogen-bond acceptors (Lipinski definition) is 3. The predicted octanol–water partition coefficient (Wildman–Crippen LogP) is 1.90. The lowest BCUT2D eigenvalue weighted by molar-refractivity contribution is 0.305. The number of hydrogen-bond donors (Lipinski definition) is 1. The van der Waals surface area contributed by atoms with Crippen LogP contribution in [0.25, 0.3) is 0 Å². The summed E-state index contributed by atoms with van der Waals surface area (Å²) in [5.74, 6) is -0.320. The lowest BCUT2D eigenvalue weighted by atomic mass is 10.2. The molecule has 0 rings (SSSR count). The summed E-state index contributed by atoms with van der Waals surface area (Å²) in [7, 11) is -5.78. The summed E-state index contributed by atoms with van der Waals surface area (Å²) in [6.07, 6.45) is 0. The van der Waals surface area contributed by atoms with Crippen molar-refractivity contribution in [1.29, 1.82) is 0 Å². The van der Waals surface area contributed by atoms with Crippen LogP contribution in [0.5, 0.6) is 0 Å². The Labute approximate surface area is 87.5 Å². The normalized spacial score (nSPS) is 14.4. The van der Waals surface area contributed by atoms with Crippen LogP contribution >= 0.6 is 0 Å². The van der Waals surface area contributed by atoms with Crippen molar-refractivity contribution in [3.8, 4) is 0 Å². The Kier molecular flexibility index (Phi) is 4.33. The molecule has 0 saturated heterocycles. The maximum Gasteiger partial charge on any atom is 0.267 e. The van der Waals surface area contributed by atoms with Crippen molar-refractivity contribution in [3.63, 3.8) is 0 Å². The molecule has 0 radical (unpaired) electrons. The van der Waals surface area contributed by atoms with Gasteiger partial charge in [0.25, 0.3) is 10.1 Å². The standard InChI is InChI=1S/C8H20O4SSi/c1-8(2,3)14(4,5)12-6-7-13(9,10)11/h6-7H2,1-5H3,(H,9,10,11). The number of rotatable bonds is 4. The van der Waals surface area contributed by atoms with Gasteiger partial charge in [0.15, 0.2) is 8.32 Å². The van der Waals surface area contributed by atoms with Gasteiger partial charge in [-0.15, -0.1) is 0 Å². The highest BCUT2D eigenvalue weighted by Crippen LogP contribution is 2.36. The van der Waals surface area contributed by atoms with Gasteiger partial charge in [0.1, 0.15) is 0 Å². The molecule has 0 unspecified atom stereocenters. The van der Waals surface area contributed by atoms with E-state index in [0.29, 0.717) is 0 Å². The Bertz CT molecular complexity index is 276. The molecule has 0 fully saturated rings. The van der Waals surface area contributed by atoms with E-state index in [1.165, 1.54) is 0 Å². The molecule has 0 aliphatic heterocycles. The Morgan fingerprint density at radius 3 is 2.00 bits per heavy atom. The molecular weight excluding hydrogens is 220 g/mol. The lowest BCUT2D eigenvalue weighted by Crippen LogP contribution is -2.41. The van der Waals surface area contributed by atoms with E-state index in [0.717, 1.165) is 0 Å². The quantitative estimate of drug-likeness (QED) is 0.602. The van der Waals surface area contributed by atoms with Gasteiger partial charge in [-0.05, 0) is 18.1 Å². The Balaban J connectivity index is 4.15. The molecule has 4 nitrogen and oxygen atoms in total. The molecule has 0 aromatic carbocycles. The van der Waals surface area contributed by atoms with Gasteiger partial charge in [-0.25, -0.2) is 0 Å². The second kappa shape index (κ2) is 4.30. The van der Waals surface area contributed by atoms with Gasteiger partial charge in [0.2, 0.25) is 0 Å². The monoisotopic (exact) mass is 240 g/mol. The second-order valence-corrected chi connectivity index (χ2v) is 11.3. The molecule has 0 aromatic rings. The average molecular weight is 240 g/mol. The van der Waals surface area contributed by atoms with Gasteiger partial charge in [-0.3, -0.25) is 4.55 Å². The zero-order valence-electron chi connectivity index (χ0n) is 9.49. The largest absolute Gasteiger partial charge is 0.416 e. The highest BCUT2D eigenvalue weighted by molar-refractivity contribution is 7.85. The van der Waals surface area contributed by atoms with E-state index in [1.807, 2.05) is 13.1 Å². The van der Waals surface area contributed by atoms with Crippen molar-refractivity contribution >= 4 is 18.4 Å². The van der Waals surface area contributed by atoms with Gasteiger partial charge >= 0.3 is 0 Å². The fraction of sp³-hybridized carbons (Fsp3) is 1.00. The SMILES string of the molecule is CC(C)(C)[Si](C)(C)OCCS(=O)(=O)O. The van der Waals surface area contributed by atoms with Crippen molar-refractivity contribution in [1.82, 2.24) is 0 Å². The summed E-state index contributed by atoms with van der Waals surface area (Å²) in [5, 5.41) is 0.0617. The topological polar surface area (TPSA) is 63.6 Å². The van der Waals surface area contributed by atoms with E-state index in [2.05, 4.69) is 20.8 Å². The molecule has 0 aliphatic rings. The third-order valence-electron chi connectivity index (χ3n) is 2.61. The Hall–Kier alpha value is 0.0869. The first-order chi connectivity index (χ1) is 5.96. The van der Waals surface area contributed by atoms with Crippen molar-refractivity contribution < 1.29 is 17.4 Å². The maximum atomic E-state index is 10.5. The van der Waals surface area contributed by atoms with Crippen molar-refractivity contribution in [2.24, 2.45) is 0 Å². The van der Waals surface area contributed by atoms with E-state index >= 15 is 0 Å². The third kappa shape index (κ3) is 5.09. The van der Waals surface area contributed by atoms with Crippen molar-refractivity contribution in [3.05, 3.63) is 0 Å². The van der Waals surface area contributed by atoms with Crippen LogP contribution in [0.15, 0.2) is 0 Å². The van der Waals surface area contributed by atoms with Crippen LogP contribution in [-0.2, 0) is 14.5 Å². The van der Waals surface area contributed by atoms with E-state index < -0.39 is 18.4 Å². The summed E-state index contributed by atoms with van der Waals surface area (Å²) in [6, 6.07) is 0. The molecule has 0 aliphatic carbocycles. The molecule has 0 atom stereocenters. The molecule has 1 N–H and O–H groups in total. The molecule has 0 bridgehead atoms. The molecule has 0 aromatic heterocycles. The first kappa shape index (κ1) is 14.1. The van der Waals surface area contributed by atoms with Crippen LogP contribution < -0.4 is 0 Å². The van der Waals surface area contributed by atoms with Crippen LogP contribution in [0.1, 0.15) is 20.8 Å². The van der Waals surface area contributed by atoms with Crippen molar-refractivity contribution in [2.75, 3.05) is 12.4 Å². The summed E-state index contributed by atoms with van der Waals surface area (Å²) in [5.41, 5.74) is 0. The molecule has 0 spiro atoms. The lowest BCUT2D eigenvalue weighted by Gasteiger charge is -2.35. The third-order valence-corrected chi connectivity index (χ3v) is 7.83. The molecule has 86 valence electrons. The predicted molar refractivity (Wildman–Crippen MR) is 59.6 cm³/mol. The second-order valence-electron chi connectivity index (χ2n) is 4.89. The van der Waals surface area contributed by atoms with E-state index in [4.69, 9.17) is 8.98 Å². The molecule has 0 amide bonds. The molecular formula is C8H20O4SSi. The molecule has 0 saturated carbocycles. The van der Waals surface area contributed by atoms with Crippen molar-refractivity contribution in [2.45, 2.75) is 38.9 Å². The summed E-state index contributed by atoms with van der Waals surface area (Å²) in [6.45, 7) is 10.4. The summed E-state index contributed by atoms with van der Waals surface area (Å²) < 4.78 is 35.0. The molecule has 0 heterocycles. The minimum absolute atomic E-state index is 0.0617. The van der Waals surface area contributed by atoms with Crippen LogP contribution in [0.3, 0.4) is 0 Å². The van der Waals surface area contributed by atoms with Gasteiger partial charge in [-0.1, -0.05) is 20.8 Å². The van der Waals surface area contributed by atoms with Crippen LogP contribution in [0.4, 0.5) is 0 Å². The first-order valence-corrected chi connectivity index (χ1v) is 9.06. The molecule has 6 heteroatoms. The van der Waals surface area contributed by atoms with E-state index in [1.54, 1.807) is 0 Å². The van der Waals surface area contributed by atoms with Crippen LogP contribution in [0.2, 0.25) is 18.1 Å². The zero-order chi connectivity index (χ0) is 11.6. The Morgan fingerprint density at radius 1 is 1.29 bits per heavy atom. The average Bonchev–Trinajstić information content (AvgIpc) is 1.80. The van der Waals surface area contributed by atoms with Gasteiger partial charge < -0.3 is 4.43 Å². The summed E-state index contributed by atoms with van der Waals surface area (Å²) in [4.78, 5) is 0. The smallest absolute Gasteiger partial charge is 0.267 e. The summed E-state index contributed by atoms with van der Waals surface area (Å²) >= 11 is 0. The van der Waals surface area contributed by atoms with Crippen LogP contribution in [-0.4, -0.2) is 33.6 Å². The fourth-order valence-electron chi connectivity index (χ4n) is 0.619. The highest BCUT2D eigenvalue weighted by Gasteiger charge is 2.37. The van der Waals surface area contributed by atoms with Crippen LogP contribution in [0, 0.1) is 0 Å². The van der Waals surface area contributed by atoms with E-state index in [-0.39, 0.29) is 17.4 Å². The van der Waals surface area contributed by atoms with Gasteiger partial charge in [-0.2, -0.15) is 8.42 Å². The minimum atomic E-state index is -3.89. The Morgan fingerprint density at radius 2 is 1.71 bits per heavy atom. The van der Waals surface area contributed by atoms with E-state index in [9.17, 15) is 8.42 Å². The maximum absolute atomic E-state index is 10.5. The molecule has 14 heavy (non-hydrogen) atoms. The first-order valence-electron chi connectivity index (χ1n) is 4.55.